The van der Waals surface area contributed by atoms with Crippen molar-refractivity contribution in [1.82, 2.24) is 18.8 Å². The first-order valence-electron chi connectivity index (χ1n) is 10.3. The first-order chi connectivity index (χ1) is 15.5. The molecule has 0 saturated heterocycles. The van der Waals surface area contributed by atoms with Gasteiger partial charge in [0.05, 0.1) is 17.0 Å². The monoisotopic (exact) mass is 480 g/mol. The Morgan fingerprint density at radius 3 is 2.18 bits per heavy atom. The van der Waals surface area contributed by atoms with Crippen LogP contribution in [-0.2, 0) is 29.3 Å². The Labute approximate surface area is 192 Å². The summed E-state index contributed by atoms with van der Waals surface area (Å²) in [7, 11) is -0.0462. The maximum absolute atomic E-state index is 13.3. The molecule has 0 amide bonds. The van der Waals surface area contributed by atoms with Gasteiger partial charge >= 0.3 is 6.18 Å². The molecule has 0 N–H and O–H groups in total. The van der Waals surface area contributed by atoms with Crippen molar-refractivity contribution >= 4 is 10.0 Å². The highest BCUT2D eigenvalue weighted by molar-refractivity contribution is 7.89. The molecule has 0 radical (unpaired) electrons. The quantitative estimate of drug-likeness (QED) is 0.464. The van der Waals surface area contributed by atoms with Gasteiger partial charge in [0.15, 0.2) is 0 Å². The molecule has 0 aliphatic rings. The summed E-state index contributed by atoms with van der Waals surface area (Å²) in [5, 5.41) is 0. The normalized spacial score (nSPS) is 12.6. The van der Waals surface area contributed by atoms with Crippen LogP contribution >= 0.6 is 0 Å². The summed E-state index contributed by atoms with van der Waals surface area (Å²) in [5.41, 5.74) is 0.903. The lowest BCUT2D eigenvalue weighted by Crippen LogP contribution is -2.37. The van der Waals surface area contributed by atoms with E-state index in [9.17, 15) is 21.6 Å². The molecule has 33 heavy (non-hydrogen) atoms. The smallest absolute Gasteiger partial charge is 0.329 e. The van der Waals surface area contributed by atoms with Crippen molar-refractivity contribution in [2.45, 2.75) is 31.1 Å². The number of hydrogen-bond donors (Lipinski definition) is 0. The minimum Gasteiger partial charge on any atom is -0.329 e. The Hall–Kier alpha value is -2.69. The minimum absolute atomic E-state index is 0.0394. The zero-order valence-corrected chi connectivity index (χ0v) is 19.6. The summed E-state index contributed by atoms with van der Waals surface area (Å²) in [5.74, 6) is 0.504. The fourth-order valence-electron chi connectivity index (χ4n) is 3.24. The molecule has 1 aromatic heterocycles. The van der Waals surface area contributed by atoms with Crippen LogP contribution in [0.25, 0.3) is 0 Å². The molecule has 0 bridgehead atoms. The molecular formula is C23H27F3N4O2S. The number of benzene rings is 2. The van der Waals surface area contributed by atoms with Crippen molar-refractivity contribution in [3.8, 4) is 0 Å². The third kappa shape index (κ3) is 6.43. The highest BCUT2D eigenvalue weighted by atomic mass is 32.2. The van der Waals surface area contributed by atoms with Gasteiger partial charge in [-0.25, -0.2) is 13.4 Å². The van der Waals surface area contributed by atoms with Crippen molar-refractivity contribution in [3.05, 3.63) is 83.4 Å². The molecule has 3 rings (SSSR count). The predicted octanol–water partition coefficient (Wildman–Crippen LogP) is 4.01. The highest BCUT2D eigenvalue weighted by Crippen LogP contribution is 2.29. The van der Waals surface area contributed by atoms with Crippen molar-refractivity contribution in [2.24, 2.45) is 0 Å². The molecule has 0 saturated carbocycles. The molecule has 178 valence electrons. The van der Waals surface area contributed by atoms with E-state index in [0.717, 1.165) is 17.7 Å². The third-order valence-corrected chi connectivity index (χ3v) is 7.07. The molecule has 0 aliphatic heterocycles. The highest BCUT2D eigenvalue weighted by Gasteiger charge is 2.30. The van der Waals surface area contributed by atoms with Crippen molar-refractivity contribution in [1.29, 1.82) is 0 Å². The number of nitrogens with zero attached hydrogens (tertiary/aromatic N) is 4. The molecule has 0 spiro atoms. The summed E-state index contributed by atoms with van der Waals surface area (Å²) in [6.45, 7) is 2.98. The van der Waals surface area contributed by atoms with Gasteiger partial charge in [0.2, 0.25) is 10.0 Å². The second-order valence-electron chi connectivity index (χ2n) is 8.12. The van der Waals surface area contributed by atoms with E-state index in [4.69, 9.17) is 0 Å². The van der Waals surface area contributed by atoms with Gasteiger partial charge < -0.3 is 9.47 Å². The van der Waals surface area contributed by atoms with Gasteiger partial charge in [-0.05, 0) is 50.8 Å². The van der Waals surface area contributed by atoms with E-state index in [1.807, 2.05) is 25.9 Å². The maximum atomic E-state index is 13.3. The molecule has 6 nitrogen and oxygen atoms in total. The van der Waals surface area contributed by atoms with E-state index in [1.54, 1.807) is 41.2 Å². The Morgan fingerprint density at radius 2 is 1.61 bits per heavy atom. The van der Waals surface area contributed by atoms with Crippen LogP contribution in [0.15, 0.2) is 65.8 Å². The van der Waals surface area contributed by atoms with Gasteiger partial charge in [-0.15, -0.1) is 0 Å². The Balaban J connectivity index is 1.84. The van der Waals surface area contributed by atoms with Gasteiger partial charge in [0.1, 0.15) is 5.82 Å². The lowest BCUT2D eigenvalue weighted by Gasteiger charge is -2.24. The van der Waals surface area contributed by atoms with E-state index in [2.05, 4.69) is 4.98 Å². The number of aromatic nitrogens is 2. The lowest BCUT2D eigenvalue weighted by atomic mass is 10.1. The lowest BCUT2D eigenvalue weighted by molar-refractivity contribution is -0.137. The van der Waals surface area contributed by atoms with E-state index in [0.29, 0.717) is 17.9 Å². The number of sulfonamides is 1. The van der Waals surface area contributed by atoms with Gasteiger partial charge in [0, 0.05) is 32.0 Å². The molecule has 0 fully saturated rings. The van der Waals surface area contributed by atoms with Crippen LogP contribution in [-0.4, -0.2) is 54.4 Å². The number of likely N-dealkylation sites (N-methyl/N-ethyl adjacent to an activating group) is 1. The summed E-state index contributed by atoms with van der Waals surface area (Å²) < 4.78 is 68.3. The average molecular weight is 481 g/mol. The van der Waals surface area contributed by atoms with Crippen molar-refractivity contribution < 1.29 is 21.6 Å². The minimum atomic E-state index is -4.39. The number of rotatable bonds is 9. The van der Waals surface area contributed by atoms with E-state index >= 15 is 0 Å². The van der Waals surface area contributed by atoms with Gasteiger partial charge in [-0.2, -0.15) is 17.5 Å². The molecule has 2 aromatic carbocycles. The summed E-state index contributed by atoms with van der Waals surface area (Å²) >= 11 is 0. The number of aryl methyl sites for hydroxylation is 1. The van der Waals surface area contributed by atoms with Gasteiger partial charge in [-0.1, -0.05) is 29.8 Å². The number of alkyl halides is 3. The molecule has 1 heterocycles. The fourth-order valence-corrected chi connectivity index (χ4v) is 4.63. The predicted molar refractivity (Wildman–Crippen MR) is 120 cm³/mol. The van der Waals surface area contributed by atoms with Crippen molar-refractivity contribution in [2.75, 3.05) is 27.2 Å². The average Bonchev–Trinajstić information content (AvgIpc) is 3.17. The standard InChI is InChI=1S/C23H27F3N4O2S/c1-18-4-10-21(11-5-18)33(31,32)30(15-14-28(2)3)17-22-27-12-13-29(22)16-19-6-8-20(9-7-19)23(24,25)26/h4-13H,14-17H2,1-3H3. The zero-order chi connectivity index (χ0) is 24.2. The largest absolute Gasteiger partial charge is 0.416 e. The first kappa shape index (κ1) is 24.9. The van der Waals surface area contributed by atoms with Crippen LogP contribution < -0.4 is 0 Å². The van der Waals surface area contributed by atoms with Crippen LogP contribution in [0.2, 0.25) is 0 Å². The third-order valence-electron chi connectivity index (χ3n) is 5.21. The molecular weight excluding hydrogens is 453 g/mol. The molecule has 3 aromatic rings. The van der Waals surface area contributed by atoms with Crippen LogP contribution in [0.5, 0.6) is 0 Å². The Bertz CT molecular complexity index is 1160. The van der Waals surface area contributed by atoms with E-state index in [1.165, 1.54) is 16.4 Å². The first-order valence-corrected chi connectivity index (χ1v) is 11.8. The molecule has 0 atom stereocenters. The number of halogens is 3. The van der Waals surface area contributed by atoms with E-state index < -0.39 is 21.8 Å². The van der Waals surface area contributed by atoms with Crippen LogP contribution in [0, 0.1) is 6.92 Å². The molecule has 0 aliphatic carbocycles. The Morgan fingerprint density at radius 1 is 0.970 bits per heavy atom. The van der Waals surface area contributed by atoms with Crippen LogP contribution in [0.1, 0.15) is 22.5 Å². The zero-order valence-electron chi connectivity index (χ0n) is 18.7. The summed E-state index contributed by atoms with van der Waals surface area (Å²) in [4.78, 5) is 6.42. The fraction of sp³-hybridized carbons (Fsp3) is 0.348. The second-order valence-corrected chi connectivity index (χ2v) is 10.1. The van der Waals surface area contributed by atoms with Crippen LogP contribution in [0.3, 0.4) is 0 Å². The van der Waals surface area contributed by atoms with E-state index in [-0.39, 0.29) is 24.5 Å². The number of hydrogen-bond acceptors (Lipinski definition) is 4. The van der Waals surface area contributed by atoms with Gasteiger partial charge in [0.25, 0.3) is 0 Å². The van der Waals surface area contributed by atoms with Gasteiger partial charge in [-0.3, -0.25) is 0 Å². The molecule has 0 unspecified atom stereocenters. The molecule has 10 heteroatoms. The maximum Gasteiger partial charge on any atom is 0.416 e. The second kappa shape index (κ2) is 10.1. The summed E-state index contributed by atoms with van der Waals surface area (Å²) in [6, 6.07) is 11.6. The Kier molecular flexibility index (Phi) is 7.61. The SMILES string of the molecule is Cc1ccc(S(=O)(=O)N(CCN(C)C)Cc2nccn2Cc2ccc(C(F)(F)F)cc2)cc1. The van der Waals surface area contributed by atoms with Crippen molar-refractivity contribution in [3.63, 3.8) is 0 Å². The summed E-state index contributed by atoms with van der Waals surface area (Å²) in [6.07, 6.45) is -1.15. The van der Waals surface area contributed by atoms with Crippen LogP contribution in [0.4, 0.5) is 13.2 Å². The topological polar surface area (TPSA) is 58.4 Å². The number of imidazole rings is 1.